The molecule has 0 unspecified atom stereocenters. The van der Waals surface area contributed by atoms with Gasteiger partial charge in [-0.1, -0.05) is 36.4 Å². The van der Waals surface area contributed by atoms with Crippen molar-refractivity contribution in [3.8, 4) is 0 Å². The van der Waals surface area contributed by atoms with E-state index in [0.717, 1.165) is 18.2 Å². The van der Waals surface area contributed by atoms with Crippen LogP contribution in [0.15, 0.2) is 42.5 Å². The van der Waals surface area contributed by atoms with Crippen LogP contribution in [0.1, 0.15) is 0 Å². The number of hydrogen-bond donors (Lipinski definition) is 1. The van der Waals surface area contributed by atoms with E-state index in [2.05, 4.69) is 52.7 Å². The molecule has 3 heteroatoms. The molecule has 1 aliphatic rings. The maximum absolute atomic E-state index is 5.30. The molecular weight excluding hydrogens is 216 g/mol. The molecular formula is C13H12N2S. The predicted molar refractivity (Wildman–Crippen MR) is 71.9 cm³/mol. The highest BCUT2D eigenvalue weighted by atomic mass is 32.1. The Hall–Kier alpha value is -1.61. The Kier molecular flexibility index (Phi) is 2.26. The second-order valence-corrected chi connectivity index (χ2v) is 4.27. The zero-order chi connectivity index (χ0) is 11.0. The lowest BCUT2D eigenvalue weighted by atomic mass is 10.1. The van der Waals surface area contributed by atoms with Gasteiger partial charge in [-0.3, -0.25) is 0 Å². The minimum Gasteiger partial charge on any atom is -0.360 e. The molecule has 2 aromatic rings. The van der Waals surface area contributed by atoms with Crippen molar-refractivity contribution in [3.05, 3.63) is 42.5 Å². The van der Waals surface area contributed by atoms with Gasteiger partial charge < -0.3 is 10.2 Å². The van der Waals surface area contributed by atoms with Crippen molar-refractivity contribution in [3.63, 3.8) is 0 Å². The van der Waals surface area contributed by atoms with Gasteiger partial charge in [0, 0.05) is 18.5 Å². The van der Waals surface area contributed by atoms with Gasteiger partial charge in [-0.05, 0) is 23.7 Å². The number of rotatable bonds is 1. The predicted octanol–water partition coefficient (Wildman–Crippen LogP) is 2.53. The second-order valence-electron chi connectivity index (χ2n) is 3.88. The van der Waals surface area contributed by atoms with Crippen LogP contribution >= 0.6 is 12.2 Å². The molecule has 0 spiro atoms. The molecule has 0 aromatic heterocycles. The summed E-state index contributed by atoms with van der Waals surface area (Å²) in [6.07, 6.45) is 0. The lowest BCUT2D eigenvalue weighted by Gasteiger charge is -2.18. The van der Waals surface area contributed by atoms with Crippen LogP contribution in [0.3, 0.4) is 0 Å². The van der Waals surface area contributed by atoms with Gasteiger partial charge in [-0.25, -0.2) is 0 Å². The first-order chi connectivity index (χ1) is 7.86. The average molecular weight is 228 g/mol. The quantitative estimate of drug-likeness (QED) is 0.755. The van der Waals surface area contributed by atoms with Crippen LogP contribution in [0, 0.1) is 0 Å². The Bertz CT molecular complexity index is 545. The molecule has 0 amide bonds. The lowest BCUT2D eigenvalue weighted by Crippen LogP contribution is -2.27. The van der Waals surface area contributed by atoms with Gasteiger partial charge in [0.25, 0.3) is 0 Å². The Morgan fingerprint density at radius 3 is 2.69 bits per heavy atom. The molecule has 0 aliphatic carbocycles. The third kappa shape index (κ3) is 1.44. The third-order valence-electron chi connectivity index (χ3n) is 2.91. The molecule has 16 heavy (non-hydrogen) atoms. The van der Waals surface area contributed by atoms with E-state index in [-0.39, 0.29) is 0 Å². The molecule has 0 saturated carbocycles. The van der Waals surface area contributed by atoms with E-state index in [9.17, 15) is 0 Å². The van der Waals surface area contributed by atoms with Gasteiger partial charge in [0.05, 0.1) is 5.69 Å². The second kappa shape index (κ2) is 3.76. The SMILES string of the molecule is S=C1NCCN1c1cccc2ccccc12. The fraction of sp³-hybridized carbons (Fsp3) is 0.154. The van der Waals surface area contributed by atoms with E-state index in [1.807, 2.05) is 0 Å². The third-order valence-corrected chi connectivity index (χ3v) is 3.28. The molecule has 0 radical (unpaired) electrons. The highest BCUT2D eigenvalue weighted by Crippen LogP contribution is 2.27. The van der Waals surface area contributed by atoms with Crippen LogP contribution in [-0.4, -0.2) is 18.2 Å². The van der Waals surface area contributed by atoms with Crippen molar-refractivity contribution in [1.82, 2.24) is 5.32 Å². The van der Waals surface area contributed by atoms with Crippen molar-refractivity contribution in [2.75, 3.05) is 18.0 Å². The van der Waals surface area contributed by atoms with E-state index in [1.165, 1.54) is 16.5 Å². The maximum atomic E-state index is 5.30. The van der Waals surface area contributed by atoms with Crippen LogP contribution in [0.25, 0.3) is 10.8 Å². The van der Waals surface area contributed by atoms with Gasteiger partial charge >= 0.3 is 0 Å². The number of hydrogen-bond acceptors (Lipinski definition) is 1. The summed E-state index contributed by atoms with van der Waals surface area (Å²) >= 11 is 5.30. The highest BCUT2D eigenvalue weighted by Gasteiger charge is 2.18. The summed E-state index contributed by atoms with van der Waals surface area (Å²) in [5.41, 5.74) is 1.20. The van der Waals surface area contributed by atoms with Gasteiger partial charge in [0.1, 0.15) is 0 Å². The molecule has 2 nitrogen and oxygen atoms in total. The number of nitrogens with one attached hydrogen (secondary N) is 1. The van der Waals surface area contributed by atoms with Crippen molar-refractivity contribution in [2.24, 2.45) is 0 Å². The molecule has 0 atom stereocenters. The van der Waals surface area contributed by atoms with Crippen molar-refractivity contribution in [1.29, 1.82) is 0 Å². The largest absolute Gasteiger partial charge is 0.360 e. The topological polar surface area (TPSA) is 15.3 Å². The Balaban J connectivity index is 2.19. The maximum Gasteiger partial charge on any atom is 0.173 e. The fourth-order valence-corrected chi connectivity index (χ4v) is 2.44. The van der Waals surface area contributed by atoms with Crippen LogP contribution in [-0.2, 0) is 0 Å². The first-order valence-electron chi connectivity index (χ1n) is 5.39. The standard InChI is InChI=1S/C13H12N2S/c16-13-14-8-9-15(13)12-7-3-5-10-4-1-2-6-11(10)12/h1-7H,8-9H2,(H,14,16). The number of anilines is 1. The Labute approximate surface area is 99.9 Å². The molecule has 1 N–H and O–H groups in total. The van der Waals surface area contributed by atoms with E-state index in [4.69, 9.17) is 12.2 Å². The van der Waals surface area contributed by atoms with E-state index in [1.54, 1.807) is 0 Å². The van der Waals surface area contributed by atoms with Crippen molar-refractivity contribution < 1.29 is 0 Å². The van der Waals surface area contributed by atoms with E-state index >= 15 is 0 Å². The van der Waals surface area contributed by atoms with Crippen LogP contribution in [0.2, 0.25) is 0 Å². The molecule has 2 aromatic carbocycles. The summed E-state index contributed by atoms with van der Waals surface area (Å²) in [4.78, 5) is 2.16. The summed E-state index contributed by atoms with van der Waals surface area (Å²) in [6, 6.07) is 14.7. The van der Waals surface area contributed by atoms with E-state index < -0.39 is 0 Å². The van der Waals surface area contributed by atoms with Gasteiger partial charge in [-0.15, -0.1) is 0 Å². The van der Waals surface area contributed by atoms with Crippen LogP contribution < -0.4 is 10.2 Å². The van der Waals surface area contributed by atoms with Crippen LogP contribution in [0.5, 0.6) is 0 Å². The van der Waals surface area contributed by atoms with Gasteiger partial charge in [0.2, 0.25) is 0 Å². The Morgan fingerprint density at radius 1 is 1.06 bits per heavy atom. The number of benzene rings is 2. The number of thiocarbonyl (C=S) groups is 1. The van der Waals surface area contributed by atoms with Gasteiger partial charge in [-0.2, -0.15) is 0 Å². The molecule has 1 saturated heterocycles. The smallest absolute Gasteiger partial charge is 0.173 e. The first-order valence-corrected chi connectivity index (χ1v) is 5.80. The number of fused-ring (bicyclic) bond motifs is 1. The fourth-order valence-electron chi connectivity index (χ4n) is 2.15. The summed E-state index contributed by atoms with van der Waals surface area (Å²) < 4.78 is 0. The summed E-state index contributed by atoms with van der Waals surface area (Å²) in [5.74, 6) is 0. The molecule has 1 aliphatic heterocycles. The monoisotopic (exact) mass is 228 g/mol. The van der Waals surface area contributed by atoms with Crippen LogP contribution in [0.4, 0.5) is 5.69 Å². The lowest BCUT2D eigenvalue weighted by molar-refractivity contribution is 0.977. The zero-order valence-electron chi connectivity index (χ0n) is 8.81. The number of nitrogens with zero attached hydrogens (tertiary/aromatic N) is 1. The minimum absolute atomic E-state index is 0.830. The summed E-state index contributed by atoms with van der Waals surface area (Å²) in [5, 5.41) is 6.54. The first kappa shape index (κ1) is 9.60. The van der Waals surface area contributed by atoms with E-state index in [0.29, 0.717) is 0 Å². The average Bonchev–Trinajstić information content (AvgIpc) is 2.75. The zero-order valence-corrected chi connectivity index (χ0v) is 9.63. The Morgan fingerprint density at radius 2 is 1.88 bits per heavy atom. The van der Waals surface area contributed by atoms with Crippen molar-refractivity contribution in [2.45, 2.75) is 0 Å². The molecule has 1 heterocycles. The van der Waals surface area contributed by atoms with Gasteiger partial charge in [0.15, 0.2) is 5.11 Å². The molecule has 0 bridgehead atoms. The molecule has 3 rings (SSSR count). The normalized spacial score (nSPS) is 15.5. The van der Waals surface area contributed by atoms with Crippen molar-refractivity contribution >= 4 is 33.8 Å². The highest BCUT2D eigenvalue weighted by molar-refractivity contribution is 7.80. The minimum atomic E-state index is 0.830. The summed E-state index contributed by atoms with van der Waals surface area (Å²) in [6.45, 7) is 1.88. The summed E-state index contributed by atoms with van der Waals surface area (Å²) in [7, 11) is 0. The molecule has 1 fully saturated rings. The molecule has 80 valence electrons.